The van der Waals surface area contributed by atoms with E-state index in [0.29, 0.717) is 36.7 Å². The zero-order chi connectivity index (χ0) is 29.8. The summed E-state index contributed by atoms with van der Waals surface area (Å²) in [6, 6.07) is 13.9. The number of anilines is 1. The van der Waals surface area contributed by atoms with E-state index in [1.54, 1.807) is 19.2 Å². The summed E-state index contributed by atoms with van der Waals surface area (Å²) in [5.74, 6) is -1.14. The maximum absolute atomic E-state index is 13.6. The molecule has 0 spiro atoms. The van der Waals surface area contributed by atoms with Crippen molar-refractivity contribution in [3.8, 4) is 17.2 Å². The predicted molar refractivity (Wildman–Crippen MR) is 155 cm³/mol. The molecule has 0 radical (unpaired) electrons. The molecule has 0 amide bonds. The standard InChI is InChI=1S/C31H32N2O9/c1-38-20-6-4-19(5-7-20)33-12-10-32(11-13-33)17-22-15-26(34)30(37)31(42-22)23(16-28(35)40-3)25-18-41-27-9-8-21(39-2)14-24(27)29(25)36/h4-9,14-15,18,23,37H,10-13,16-17H2,1-3H3/t23-/m0/s1. The van der Waals surface area contributed by atoms with Crippen molar-refractivity contribution in [2.45, 2.75) is 18.9 Å². The monoisotopic (exact) mass is 576 g/mol. The van der Waals surface area contributed by atoms with Crippen LogP contribution in [0, 0.1) is 0 Å². The van der Waals surface area contributed by atoms with Gasteiger partial charge in [-0.3, -0.25) is 19.3 Å². The van der Waals surface area contributed by atoms with Crippen LogP contribution in [0.3, 0.4) is 0 Å². The maximum atomic E-state index is 13.6. The fourth-order valence-electron chi connectivity index (χ4n) is 5.13. The number of methoxy groups -OCH3 is 3. The van der Waals surface area contributed by atoms with Crippen molar-refractivity contribution in [3.63, 3.8) is 0 Å². The van der Waals surface area contributed by atoms with Gasteiger partial charge in [0.2, 0.25) is 11.2 Å². The van der Waals surface area contributed by atoms with Crippen LogP contribution >= 0.6 is 0 Å². The van der Waals surface area contributed by atoms with Gasteiger partial charge in [-0.05, 0) is 42.5 Å². The van der Waals surface area contributed by atoms with E-state index < -0.39 is 28.5 Å². The van der Waals surface area contributed by atoms with Gasteiger partial charge in [0.05, 0.1) is 51.9 Å². The van der Waals surface area contributed by atoms with Gasteiger partial charge < -0.3 is 33.1 Å². The van der Waals surface area contributed by atoms with Crippen LogP contribution in [0.1, 0.15) is 29.4 Å². The number of aromatic hydroxyl groups is 1. The van der Waals surface area contributed by atoms with Crippen LogP contribution < -0.4 is 25.2 Å². The van der Waals surface area contributed by atoms with Crippen molar-refractivity contribution in [2.75, 3.05) is 52.4 Å². The average Bonchev–Trinajstić information content (AvgIpc) is 3.02. The van der Waals surface area contributed by atoms with Gasteiger partial charge in [0.15, 0.2) is 11.2 Å². The lowest BCUT2D eigenvalue weighted by Crippen LogP contribution is -2.46. The third-order valence-electron chi connectivity index (χ3n) is 7.49. The molecule has 1 aliphatic heterocycles. The quantitative estimate of drug-likeness (QED) is 0.294. The summed E-state index contributed by atoms with van der Waals surface area (Å²) in [5.41, 5.74) is 0.307. The lowest BCUT2D eigenvalue weighted by atomic mass is 9.92. The SMILES string of the molecule is COC(=O)C[C@H](c1oc(CN2CCN(c3ccc(OC)cc3)CC2)cc(=O)c1O)c1coc2ccc(OC)cc2c1=O. The van der Waals surface area contributed by atoms with E-state index in [1.807, 2.05) is 24.3 Å². The summed E-state index contributed by atoms with van der Waals surface area (Å²) < 4.78 is 27.1. The second kappa shape index (κ2) is 12.4. The molecule has 1 N–H and O–H groups in total. The van der Waals surface area contributed by atoms with E-state index in [9.17, 15) is 19.5 Å². The Morgan fingerprint density at radius 3 is 2.31 bits per heavy atom. The molecule has 0 bridgehead atoms. The van der Waals surface area contributed by atoms with Crippen molar-refractivity contribution in [3.05, 3.63) is 92.3 Å². The van der Waals surface area contributed by atoms with Crippen molar-refractivity contribution in [1.82, 2.24) is 4.90 Å². The van der Waals surface area contributed by atoms with Gasteiger partial charge in [0.25, 0.3) is 0 Å². The molecule has 2 aromatic heterocycles. The van der Waals surface area contributed by atoms with E-state index >= 15 is 0 Å². The number of ether oxygens (including phenoxy) is 3. The summed E-state index contributed by atoms with van der Waals surface area (Å²) in [6.45, 7) is 3.22. The lowest BCUT2D eigenvalue weighted by molar-refractivity contribution is -0.140. The molecule has 42 heavy (non-hydrogen) atoms. The molecule has 0 saturated carbocycles. The van der Waals surface area contributed by atoms with Gasteiger partial charge in [-0.15, -0.1) is 0 Å². The first-order chi connectivity index (χ1) is 20.3. The van der Waals surface area contributed by atoms with Crippen LogP contribution in [-0.2, 0) is 16.1 Å². The molecule has 3 heterocycles. The molecule has 4 aromatic rings. The molecule has 220 valence electrons. The van der Waals surface area contributed by atoms with Crippen LogP contribution in [0.2, 0.25) is 0 Å². The van der Waals surface area contributed by atoms with Gasteiger partial charge in [-0.1, -0.05) is 0 Å². The number of hydrogen-bond acceptors (Lipinski definition) is 11. The molecule has 2 aromatic carbocycles. The summed E-state index contributed by atoms with van der Waals surface area (Å²) in [7, 11) is 4.32. The van der Waals surface area contributed by atoms with Gasteiger partial charge in [-0.25, -0.2) is 0 Å². The number of rotatable bonds is 9. The van der Waals surface area contributed by atoms with E-state index in [4.69, 9.17) is 23.0 Å². The minimum Gasteiger partial charge on any atom is -0.502 e. The van der Waals surface area contributed by atoms with E-state index in [1.165, 1.54) is 32.6 Å². The molecule has 1 saturated heterocycles. The van der Waals surface area contributed by atoms with Gasteiger partial charge >= 0.3 is 5.97 Å². The Morgan fingerprint density at radius 1 is 0.952 bits per heavy atom. The van der Waals surface area contributed by atoms with Crippen LogP contribution in [-0.4, -0.2) is 63.5 Å². The second-order valence-corrected chi connectivity index (χ2v) is 9.97. The zero-order valence-electron chi connectivity index (χ0n) is 23.6. The molecule has 0 aliphatic carbocycles. The minimum atomic E-state index is -1.14. The fourth-order valence-corrected chi connectivity index (χ4v) is 5.13. The molecular weight excluding hydrogens is 544 g/mol. The minimum absolute atomic E-state index is 0.0323. The Labute approximate surface area is 241 Å². The van der Waals surface area contributed by atoms with Gasteiger partial charge in [-0.2, -0.15) is 0 Å². The highest BCUT2D eigenvalue weighted by Crippen LogP contribution is 2.33. The number of fused-ring (bicyclic) bond motifs is 1. The van der Waals surface area contributed by atoms with Crippen LogP contribution in [0.15, 0.2) is 73.2 Å². The van der Waals surface area contributed by atoms with Crippen LogP contribution in [0.4, 0.5) is 5.69 Å². The number of nitrogens with zero attached hydrogens (tertiary/aromatic N) is 2. The molecule has 5 rings (SSSR count). The smallest absolute Gasteiger partial charge is 0.306 e. The molecule has 1 aliphatic rings. The Morgan fingerprint density at radius 2 is 1.64 bits per heavy atom. The number of hydrogen-bond donors (Lipinski definition) is 1. The molecule has 11 nitrogen and oxygen atoms in total. The summed E-state index contributed by atoms with van der Waals surface area (Å²) in [5, 5.41) is 11.0. The third-order valence-corrected chi connectivity index (χ3v) is 7.49. The number of benzene rings is 2. The van der Waals surface area contributed by atoms with Crippen molar-refractivity contribution < 1.29 is 32.9 Å². The highest BCUT2D eigenvalue weighted by Gasteiger charge is 2.30. The summed E-state index contributed by atoms with van der Waals surface area (Å²) in [4.78, 5) is 43.3. The average molecular weight is 577 g/mol. The summed E-state index contributed by atoms with van der Waals surface area (Å²) >= 11 is 0. The first-order valence-electron chi connectivity index (χ1n) is 13.4. The number of carbonyl (C=O) groups excluding carboxylic acids is 1. The highest BCUT2D eigenvalue weighted by atomic mass is 16.5. The Hall–Kier alpha value is -4.77. The summed E-state index contributed by atoms with van der Waals surface area (Å²) in [6.07, 6.45) is 0.854. The van der Waals surface area contributed by atoms with Gasteiger partial charge in [0.1, 0.15) is 22.8 Å². The Bertz CT molecular complexity index is 1690. The van der Waals surface area contributed by atoms with Gasteiger partial charge in [0, 0.05) is 43.5 Å². The first kappa shape index (κ1) is 28.7. The Balaban J connectivity index is 1.43. The van der Waals surface area contributed by atoms with Crippen LogP contribution in [0.25, 0.3) is 11.0 Å². The van der Waals surface area contributed by atoms with E-state index in [0.717, 1.165) is 24.5 Å². The largest absolute Gasteiger partial charge is 0.502 e. The first-order valence-corrected chi connectivity index (χ1v) is 13.4. The molecule has 1 fully saturated rings. The molecular formula is C31H32N2O9. The fraction of sp³-hybridized carbons (Fsp3) is 0.323. The lowest BCUT2D eigenvalue weighted by Gasteiger charge is -2.36. The van der Waals surface area contributed by atoms with Crippen molar-refractivity contribution in [2.24, 2.45) is 0 Å². The highest BCUT2D eigenvalue weighted by molar-refractivity contribution is 5.79. The topological polar surface area (TPSA) is 132 Å². The van der Waals surface area contributed by atoms with Crippen molar-refractivity contribution in [1.29, 1.82) is 0 Å². The normalized spacial score (nSPS) is 14.5. The third kappa shape index (κ3) is 5.96. The number of carbonyl (C=O) groups is 1. The predicted octanol–water partition coefficient (Wildman–Crippen LogP) is 3.49. The second-order valence-electron chi connectivity index (χ2n) is 9.97. The number of esters is 1. The maximum Gasteiger partial charge on any atom is 0.306 e. The van der Waals surface area contributed by atoms with E-state index in [2.05, 4.69) is 9.80 Å². The Kier molecular flexibility index (Phi) is 8.48. The van der Waals surface area contributed by atoms with Crippen LogP contribution in [0.5, 0.6) is 17.2 Å². The molecule has 11 heteroatoms. The molecule has 0 unspecified atom stereocenters. The van der Waals surface area contributed by atoms with E-state index in [-0.39, 0.29) is 23.1 Å². The zero-order valence-corrected chi connectivity index (χ0v) is 23.6. The number of piperazine rings is 1. The van der Waals surface area contributed by atoms with Crippen molar-refractivity contribution >= 4 is 22.6 Å². The molecule has 1 atom stereocenters.